The summed E-state index contributed by atoms with van der Waals surface area (Å²) in [4.78, 5) is 0. The highest BCUT2D eigenvalue weighted by molar-refractivity contribution is 6.90. The van der Waals surface area contributed by atoms with E-state index in [0.717, 1.165) is 17.6 Å². The average molecular weight is 453 g/mol. The summed E-state index contributed by atoms with van der Waals surface area (Å²) < 4.78 is 8.84. The Balaban J connectivity index is 1.87. The predicted molar refractivity (Wildman–Crippen MR) is 144 cm³/mol. The lowest BCUT2D eigenvalue weighted by Gasteiger charge is -2.20. The fraction of sp³-hybridized carbons (Fsp3) is 0.300. The molecule has 0 aliphatic heterocycles. The average Bonchev–Trinajstić information content (AvgIpc) is 3.12. The molecule has 0 atom stereocenters. The number of fused-ring (bicyclic) bond motifs is 4. The summed E-state index contributed by atoms with van der Waals surface area (Å²) in [5.74, 6) is 0.652. The summed E-state index contributed by atoms with van der Waals surface area (Å²) in [7, 11) is 0.595. The molecule has 0 fully saturated rings. The summed E-state index contributed by atoms with van der Waals surface area (Å²) in [5, 5.41) is 5.30. The van der Waals surface area contributed by atoms with Crippen molar-refractivity contribution in [2.24, 2.45) is 13.0 Å². The van der Waals surface area contributed by atoms with Crippen LogP contribution in [0.3, 0.4) is 0 Å². The molecule has 3 heteroatoms. The first kappa shape index (κ1) is 21.9. The van der Waals surface area contributed by atoms with Gasteiger partial charge in [0.2, 0.25) is 11.2 Å². The van der Waals surface area contributed by atoms with Crippen LogP contribution in [0.5, 0.6) is 0 Å². The molecule has 0 unspecified atom stereocenters. The molecule has 2 aromatic heterocycles. The fourth-order valence-corrected chi connectivity index (χ4v) is 6.77. The number of benzene rings is 3. The van der Waals surface area contributed by atoms with Crippen LogP contribution in [0.2, 0.25) is 19.6 Å². The van der Waals surface area contributed by atoms with E-state index < -0.39 is 8.07 Å². The SMILES string of the molecule is Cc1ccc2c(oc3ccccc32)c1-c1cc([Si](C)(C)C)c2cc(CC(C)C)ccc2[n+]1C. The minimum atomic E-state index is -1.61. The van der Waals surface area contributed by atoms with Gasteiger partial charge in [0, 0.05) is 28.3 Å². The number of hydrogen-bond donors (Lipinski definition) is 0. The molecule has 0 saturated heterocycles. The van der Waals surface area contributed by atoms with Crippen molar-refractivity contribution in [1.82, 2.24) is 0 Å². The monoisotopic (exact) mass is 452 g/mol. The van der Waals surface area contributed by atoms with Gasteiger partial charge in [0.1, 0.15) is 18.2 Å². The van der Waals surface area contributed by atoms with Crippen molar-refractivity contribution < 1.29 is 8.98 Å². The molecule has 2 nitrogen and oxygen atoms in total. The first-order valence-electron chi connectivity index (χ1n) is 12.0. The number of furan rings is 1. The van der Waals surface area contributed by atoms with Crippen LogP contribution in [-0.4, -0.2) is 8.07 Å². The number of pyridine rings is 1. The molecule has 168 valence electrons. The zero-order valence-corrected chi connectivity index (χ0v) is 21.9. The molecular weight excluding hydrogens is 418 g/mol. The molecule has 0 amide bonds. The van der Waals surface area contributed by atoms with Crippen molar-refractivity contribution >= 4 is 46.1 Å². The first-order valence-corrected chi connectivity index (χ1v) is 15.5. The molecule has 5 rings (SSSR count). The zero-order valence-electron chi connectivity index (χ0n) is 20.9. The Bertz CT molecular complexity index is 1520. The van der Waals surface area contributed by atoms with Crippen LogP contribution in [0.15, 0.2) is 65.1 Å². The molecule has 0 bridgehead atoms. The quantitative estimate of drug-likeness (QED) is 0.207. The van der Waals surface area contributed by atoms with Gasteiger partial charge in [0.15, 0.2) is 0 Å². The number of aryl methyl sites for hydroxylation is 2. The fourth-order valence-electron chi connectivity index (χ4n) is 5.20. The van der Waals surface area contributed by atoms with Crippen LogP contribution in [0.1, 0.15) is 25.0 Å². The largest absolute Gasteiger partial charge is 0.455 e. The Kier molecular flexibility index (Phi) is 5.21. The lowest BCUT2D eigenvalue weighted by Crippen LogP contribution is -2.43. The molecule has 0 radical (unpaired) electrons. The van der Waals surface area contributed by atoms with Gasteiger partial charge in [-0.05, 0) is 47.7 Å². The first-order chi connectivity index (χ1) is 15.6. The van der Waals surface area contributed by atoms with Crippen LogP contribution in [0, 0.1) is 12.8 Å². The predicted octanol–water partition coefficient (Wildman–Crippen LogP) is 7.28. The van der Waals surface area contributed by atoms with Crippen LogP contribution in [0.4, 0.5) is 0 Å². The highest BCUT2D eigenvalue weighted by Gasteiger charge is 2.29. The Morgan fingerprint density at radius 2 is 1.64 bits per heavy atom. The number of hydrogen-bond acceptors (Lipinski definition) is 1. The third-order valence-corrected chi connectivity index (χ3v) is 8.85. The third-order valence-electron chi connectivity index (χ3n) is 6.82. The number of rotatable bonds is 4. The third kappa shape index (κ3) is 3.69. The van der Waals surface area contributed by atoms with E-state index in [-0.39, 0.29) is 0 Å². The Morgan fingerprint density at radius 3 is 2.36 bits per heavy atom. The van der Waals surface area contributed by atoms with Crippen molar-refractivity contribution in [3.05, 3.63) is 71.8 Å². The Morgan fingerprint density at radius 1 is 0.879 bits per heavy atom. The van der Waals surface area contributed by atoms with Gasteiger partial charge in [0.25, 0.3) is 0 Å². The van der Waals surface area contributed by atoms with E-state index in [0.29, 0.717) is 5.92 Å². The van der Waals surface area contributed by atoms with Gasteiger partial charge < -0.3 is 4.42 Å². The summed E-state index contributed by atoms with van der Waals surface area (Å²) in [6, 6.07) is 22.4. The number of aromatic nitrogens is 1. The minimum absolute atomic E-state index is 0.652. The summed E-state index contributed by atoms with van der Waals surface area (Å²) in [5.41, 5.74) is 8.35. The van der Waals surface area contributed by atoms with Gasteiger partial charge in [-0.1, -0.05) is 69.9 Å². The van der Waals surface area contributed by atoms with Crippen LogP contribution >= 0.6 is 0 Å². The van der Waals surface area contributed by atoms with Gasteiger partial charge >= 0.3 is 0 Å². The van der Waals surface area contributed by atoms with Crippen LogP contribution in [0.25, 0.3) is 44.1 Å². The number of nitrogens with zero attached hydrogens (tertiary/aromatic N) is 1. The maximum Gasteiger partial charge on any atom is 0.216 e. The van der Waals surface area contributed by atoms with Gasteiger partial charge in [-0.3, -0.25) is 0 Å². The van der Waals surface area contributed by atoms with E-state index in [1.54, 1.807) is 0 Å². The molecule has 0 aliphatic carbocycles. The van der Waals surface area contributed by atoms with Crippen molar-refractivity contribution in [3.8, 4) is 11.3 Å². The van der Waals surface area contributed by atoms with E-state index in [2.05, 4.69) is 107 Å². The molecule has 5 aromatic rings. The summed E-state index contributed by atoms with van der Waals surface area (Å²) in [6.07, 6.45) is 1.12. The lowest BCUT2D eigenvalue weighted by molar-refractivity contribution is -0.633. The van der Waals surface area contributed by atoms with E-state index in [1.165, 1.54) is 49.2 Å². The van der Waals surface area contributed by atoms with Gasteiger partial charge in [-0.15, -0.1) is 0 Å². The normalized spacial score (nSPS) is 12.5. The molecule has 0 saturated carbocycles. The van der Waals surface area contributed by atoms with Crippen molar-refractivity contribution in [3.63, 3.8) is 0 Å². The van der Waals surface area contributed by atoms with Crippen molar-refractivity contribution in [2.45, 2.75) is 46.8 Å². The summed E-state index contributed by atoms with van der Waals surface area (Å²) >= 11 is 0. The van der Waals surface area contributed by atoms with E-state index in [4.69, 9.17) is 4.42 Å². The Hall–Kier alpha value is -2.91. The van der Waals surface area contributed by atoms with Crippen LogP contribution < -0.4 is 9.75 Å². The molecule has 0 aliphatic rings. The number of para-hydroxylation sites is 1. The second-order valence-corrected chi connectivity index (χ2v) is 16.0. The summed E-state index contributed by atoms with van der Waals surface area (Å²) in [6.45, 7) is 14.2. The van der Waals surface area contributed by atoms with Gasteiger partial charge in [-0.25, -0.2) is 0 Å². The maximum atomic E-state index is 6.47. The molecule has 33 heavy (non-hydrogen) atoms. The molecule has 0 spiro atoms. The standard InChI is InChI=1S/C30H34NOSi/c1-19(2)16-21-13-15-25-24(17-21)28(33(5,6)7)18-26(31(25)4)29-20(3)12-14-23-22-10-8-9-11-27(22)32-30(23)29/h8-15,17-19H,16H2,1-7H3/q+1. The smallest absolute Gasteiger partial charge is 0.216 e. The Labute approximate surface area is 197 Å². The second kappa shape index (κ2) is 7.84. The molecule has 0 N–H and O–H groups in total. The highest BCUT2D eigenvalue weighted by atomic mass is 28.3. The second-order valence-electron chi connectivity index (χ2n) is 10.9. The molecule has 3 aromatic carbocycles. The van der Waals surface area contributed by atoms with E-state index >= 15 is 0 Å². The lowest BCUT2D eigenvalue weighted by atomic mass is 9.98. The van der Waals surface area contributed by atoms with Crippen molar-refractivity contribution in [2.75, 3.05) is 0 Å². The maximum absolute atomic E-state index is 6.47. The molecule has 2 heterocycles. The van der Waals surface area contributed by atoms with E-state index in [9.17, 15) is 0 Å². The van der Waals surface area contributed by atoms with Crippen molar-refractivity contribution in [1.29, 1.82) is 0 Å². The van der Waals surface area contributed by atoms with Gasteiger partial charge in [0.05, 0.1) is 13.6 Å². The highest BCUT2D eigenvalue weighted by Crippen LogP contribution is 2.37. The van der Waals surface area contributed by atoms with Crippen LogP contribution in [-0.2, 0) is 13.5 Å². The molecular formula is C30H34NOSi+. The van der Waals surface area contributed by atoms with E-state index in [1.807, 2.05) is 6.07 Å². The minimum Gasteiger partial charge on any atom is -0.455 e. The van der Waals surface area contributed by atoms with Gasteiger partial charge in [-0.2, -0.15) is 4.57 Å². The zero-order chi connectivity index (χ0) is 23.5. The topological polar surface area (TPSA) is 17.0 Å².